The third kappa shape index (κ3) is 2.36. The SMILES string of the molecule is CC(=O)O[C@]1(C(C)=O)CC[C@H]2[C@@H]3CCC4=CC(=O)CC[C@@H]4[C@H]3CC[C@]21C. The van der Waals surface area contributed by atoms with Gasteiger partial charge in [-0.3, -0.25) is 14.4 Å². The molecule has 0 aliphatic heterocycles. The van der Waals surface area contributed by atoms with E-state index in [9.17, 15) is 14.4 Å². The molecule has 3 saturated carbocycles. The zero-order valence-corrected chi connectivity index (χ0v) is 16.2. The average molecular weight is 358 g/mol. The van der Waals surface area contributed by atoms with Crippen LogP contribution in [0, 0.1) is 29.1 Å². The average Bonchev–Trinajstić information content (AvgIpc) is 2.87. The van der Waals surface area contributed by atoms with Crippen LogP contribution in [0.4, 0.5) is 0 Å². The van der Waals surface area contributed by atoms with Gasteiger partial charge in [-0.05, 0) is 81.6 Å². The topological polar surface area (TPSA) is 60.4 Å². The maximum atomic E-state index is 12.7. The van der Waals surface area contributed by atoms with E-state index < -0.39 is 5.60 Å². The molecule has 0 unspecified atom stereocenters. The molecule has 26 heavy (non-hydrogen) atoms. The molecular formula is C22H30O4. The fraction of sp³-hybridized carbons (Fsp3) is 0.773. The zero-order chi connectivity index (χ0) is 18.7. The number of esters is 1. The molecule has 0 aromatic heterocycles. The Morgan fingerprint density at radius 1 is 1.04 bits per heavy atom. The number of carbonyl (C=O) groups excluding carboxylic acids is 3. The zero-order valence-electron chi connectivity index (χ0n) is 16.2. The van der Waals surface area contributed by atoms with E-state index in [4.69, 9.17) is 4.74 Å². The van der Waals surface area contributed by atoms with Gasteiger partial charge < -0.3 is 4.74 Å². The van der Waals surface area contributed by atoms with E-state index in [2.05, 4.69) is 6.92 Å². The van der Waals surface area contributed by atoms with Gasteiger partial charge in [0.25, 0.3) is 0 Å². The Hall–Kier alpha value is -1.45. The summed E-state index contributed by atoms with van der Waals surface area (Å²) in [6.45, 7) is 5.21. The first-order valence-electron chi connectivity index (χ1n) is 10.2. The van der Waals surface area contributed by atoms with Gasteiger partial charge in [0.05, 0.1) is 0 Å². The van der Waals surface area contributed by atoms with Crippen LogP contribution < -0.4 is 0 Å². The van der Waals surface area contributed by atoms with Gasteiger partial charge in [-0.15, -0.1) is 0 Å². The van der Waals surface area contributed by atoms with E-state index in [1.807, 2.05) is 6.08 Å². The van der Waals surface area contributed by atoms with Crippen molar-refractivity contribution in [3.8, 4) is 0 Å². The van der Waals surface area contributed by atoms with Crippen LogP contribution in [0.25, 0.3) is 0 Å². The van der Waals surface area contributed by atoms with E-state index in [0.717, 1.165) is 38.5 Å². The Kier molecular flexibility index (Phi) is 4.16. The monoisotopic (exact) mass is 358 g/mol. The molecule has 0 heterocycles. The molecule has 3 fully saturated rings. The molecule has 0 spiro atoms. The van der Waals surface area contributed by atoms with Crippen molar-refractivity contribution in [2.24, 2.45) is 29.1 Å². The Balaban J connectivity index is 1.66. The molecule has 0 saturated heterocycles. The summed E-state index contributed by atoms with van der Waals surface area (Å²) in [4.78, 5) is 36.3. The molecule has 0 radical (unpaired) electrons. The molecule has 4 aliphatic carbocycles. The highest BCUT2D eigenvalue weighted by molar-refractivity contribution is 5.91. The van der Waals surface area contributed by atoms with Crippen molar-refractivity contribution in [1.29, 1.82) is 0 Å². The van der Waals surface area contributed by atoms with E-state index >= 15 is 0 Å². The van der Waals surface area contributed by atoms with Gasteiger partial charge in [0.1, 0.15) is 0 Å². The number of ether oxygens (including phenoxy) is 1. The Bertz CT molecular complexity index is 692. The van der Waals surface area contributed by atoms with Gasteiger partial charge in [0.15, 0.2) is 17.2 Å². The lowest BCUT2D eigenvalue weighted by molar-refractivity contribution is -0.185. The van der Waals surface area contributed by atoms with Crippen LogP contribution in [0.3, 0.4) is 0 Å². The van der Waals surface area contributed by atoms with Crippen LogP contribution in [-0.2, 0) is 19.1 Å². The highest BCUT2D eigenvalue weighted by atomic mass is 16.6. The summed E-state index contributed by atoms with van der Waals surface area (Å²) in [5, 5.41) is 0. The highest BCUT2D eigenvalue weighted by Gasteiger charge is 2.66. The van der Waals surface area contributed by atoms with E-state index in [-0.39, 0.29) is 17.2 Å². The molecule has 4 nitrogen and oxygen atoms in total. The van der Waals surface area contributed by atoms with Crippen LogP contribution in [0.2, 0.25) is 0 Å². The minimum absolute atomic E-state index is 0.0100. The van der Waals surface area contributed by atoms with Crippen LogP contribution in [0.5, 0.6) is 0 Å². The number of allylic oxidation sites excluding steroid dienone is 1. The van der Waals surface area contributed by atoms with Gasteiger partial charge in [-0.2, -0.15) is 0 Å². The summed E-state index contributed by atoms with van der Waals surface area (Å²) in [6, 6.07) is 0. The number of fused-ring (bicyclic) bond motifs is 5. The predicted octanol–water partition coefficient (Wildman–Crippen LogP) is 4.02. The van der Waals surface area contributed by atoms with E-state index in [1.54, 1.807) is 6.92 Å². The summed E-state index contributed by atoms with van der Waals surface area (Å²) in [5.74, 6) is 2.16. The lowest BCUT2D eigenvalue weighted by Gasteiger charge is -2.55. The first kappa shape index (κ1) is 17.9. The van der Waals surface area contributed by atoms with Crippen LogP contribution >= 0.6 is 0 Å². The van der Waals surface area contributed by atoms with E-state index in [0.29, 0.717) is 42.3 Å². The maximum absolute atomic E-state index is 12.7. The lowest BCUT2D eigenvalue weighted by atomic mass is 9.50. The quantitative estimate of drug-likeness (QED) is 0.700. The minimum Gasteiger partial charge on any atom is -0.451 e. The van der Waals surface area contributed by atoms with Crippen molar-refractivity contribution >= 4 is 17.5 Å². The lowest BCUT2D eigenvalue weighted by Crippen LogP contribution is -2.57. The van der Waals surface area contributed by atoms with E-state index in [1.165, 1.54) is 12.5 Å². The molecule has 4 rings (SSSR count). The van der Waals surface area contributed by atoms with Crippen molar-refractivity contribution in [2.45, 2.75) is 77.7 Å². The second-order valence-corrected chi connectivity index (χ2v) is 9.28. The smallest absolute Gasteiger partial charge is 0.303 e. The molecule has 6 atom stereocenters. The maximum Gasteiger partial charge on any atom is 0.303 e. The van der Waals surface area contributed by atoms with Gasteiger partial charge >= 0.3 is 5.97 Å². The van der Waals surface area contributed by atoms with Gasteiger partial charge in [-0.25, -0.2) is 0 Å². The summed E-state index contributed by atoms with van der Waals surface area (Å²) in [7, 11) is 0. The summed E-state index contributed by atoms with van der Waals surface area (Å²) < 4.78 is 5.79. The van der Waals surface area contributed by atoms with Crippen molar-refractivity contribution < 1.29 is 19.1 Å². The van der Waals surface area contributed by atoms with Crippen LogP contribution in [-0.4, -0.2) is 23.1 Å². The normalized spacial score (nSPS) is 44.4. The molecular weight excluding hydrogens is 328 g/mol. The standard InChI is InChI=1S/C22H30O4/c1-13(23)22(26-14(2)24)11-9-20-19-6-4-15-12-16(25)5-7-17(15)18(19)8-10-21(20,22)3/h12,17-20H,4-11H2,1-3H3/t17-,18+,19+,20-,21+,22-/m0/s1. The largest absolute Gasteiger partial charge is 0.451 e. The number of hydrogen-bond donors (Lipinski definition) is 0. The summed E-state index contributed by atoms with van der Waals surface area (Å²) >= 11 is 0. The van der Waals surface area contributed by atoms with Crippen molar-refractivity contribution in [2.75, 3.05) is 0 Å². The number of carbonyl (C=O) groups is 3. The van der Waals surface area contributed by atoms with Crippen molar-refractivity contribution in [1.82, 2.24) is 0 Å². The Labute approximate surface area is 155 Å². The molecule has 4 aliphatic rings. The molecule has 0 bridgehead atoms. The minimum atomic E-state index is -0.937. The van der Waals surface area contributed by atoms with Crippen molar-refractivity contribution in [3.63, 3.8) is 0 Å². The first-order valence-corrected chi connectivity index (χ1v) is 10.2. The third-order valence-electron chi connectivity index (χ3n) is 8.31. The predicted molar refractivity (Wildman–Crippen MR) is 97.3 cm³/mol. The molecule has 0 aromatic rings. The molecule has 4 heteroatoms. The molecule has 0 aromatic carbocycles. The Morgan fingerprint density at radius 2 is 1.81 bits per heavy atom. The second kappa shape index (κ2) is 6.03. The fourth-order valence-electron chi connectivity index (χ4n) is 7.24. The number of ketones is 2. The van der Waals surface area contributed by atoms with Gasteiger partial charge in [0.2, 0.25) is 0 Å². The number of Topliss-reactive ketones (excluding diaryl/α,β-unsaturated/α-hetero) is 1. The summed E-state index contributed by atoms with van der Waals surface area (Å²) in [6.07, 6.45) is 9.37. The second-order valence-electron chi connectivity index (χ2n) is 9.28. The van der Waals surface area contributed by atoms with Gasteiger partial charge in [0, 0.05) is 18.8 Å². The van der Waals surface area contributed by atoms with Crippen LogP contribution in [0.1, 0.15) is 72.1 Å². The number of rotatable bonds is 2. The molecule has 0 amide bonds. The number of hydrogen-bond acceptors (Lipinski definition) is 4. The third-order valence-corrected chi connectivity index (χ3v) is 8.31. The van der Waals surface area contributed by atoms with Gasteiger partial charge in [-0.1, -0.05) is 12.5 Å². The molecule has 142 valence electrons. The van der Waals surface area contributed by atoms with Crippen molar-refractivity contribution in [3.05, 3.63) is 11.6 Å². The first-order chi connectivity index (χ1) is 12.3. The highest BCUT2D eigenvalue weighted by Crippen LogP contribution is 2.66. The van der Waals surface area contributed by atoms with Crippen LogP contribution in [0.15, 0.2) is 11.6 Å². The fourth-order valence-corrected chi connectivity index (χ4v) is 7.24. The molecule has 0 N–H and O–H groups in total. The summed E-state index contributed by atoms with van der Waals surface area (Å²) in [5.41, 5.74) is 0.187. The Morgan fingerprint density at radius 3 is 2.50 bits per heavy atom.